The summed E-state index contributed by atoms with van der Waals surface area (Å²) in [5, 5.41) is 7.42. The van der Waals surface area contributed by atoms with Crippen molar-refractivity contribution in [3.05, 3.63) is 24.0 Å². The van der Waals surface area contributed by atoms with Crippen molar-refractivity contribution in [2.45, 2.75) is 77.6 Å². The highest BCUT2D eigenvalue weighted by Gasteiger charge is 2.04. The number of unbranched alkanes of at least 4 members (excludes halogenated alkanes) is 9. The fourth-order valence-electron chi connectivity index (χ4n) is 2.37. The maximum Gasteiger partial charge on any atom is 0.164 e. The molecule has 0 unspecified atom stereocenters. The Labute approximate surface area is 123 Å². The summed E-state index contributed by atoms with van der Waals surface area (Å²) in [4.78, 5) is 11.8. The van der Waals surface area contributed by atoms with E-state index in [1.807, 2.05) is 0 Å². The maximum atomic E-state index is 11.8. The van der Waals surface area contributed by atoms with E-state index in [0.29, 0.717) is 12.0 Å². The van der Waals surface area contributed by atoms with E-state index in [9.17, 15) is 4.79 Å². The van der Waals surface area contributed by atoms with Crippen molar-refractivity contribution >= 4 is 5.78 Å². The molecule has 0 aromatic carbocycles. The maximum absolute atomic E-state index is 11.8. The molecular formula is C17H28N2O. The second kappa shape index (κ2) is 11.6. The Bertz CT molecular complexity index is 351. The van der Waals surface area contributed by atoms with E-state index < -0.39 is 0 Å². The van der Waals surface area contributed by atoms with Crippen LogP contribution in [0.3, 0.4) is 0 Å². The molecule has 3 heteroatoms. The molecule has 0 spiro atoms. The topological polar surface area (TPSA) is 42.9 Å². The van der Waals surface area contributed by atoms with E-state index in [2.05, 4.69) is 17.1 Å². The molecule has 0 N–H and O–H groups in total. The predicted molar refractivity (Wildman–Crippen MR) is 82.8 cm³/mol. The lowest BCUT2D eigenvalue weighted by molar-refractivity contribution is 0.0978. The van der Waals surface area contributed by atoms with Gasteiger partial charge in [-0.1, -0.05) is 64.7 Å². The van der Waals surface area contributed by atoms with E-state index in [0.717, 1.165) is 6.42 Å². The lowest BCUT2D eigenvalue weighted by Crippen LogP contribution is -1.99. The van der Waals surface area contributed by atoms with Crippen LogP contribution in [0.15, 0.2) is 18.5 Å². The third-order valence-electron chi connectivity index (χ3n) is 3.66. The van der Waals surface area contributed by atoms with Gasteiger partial charge in [-0.25, -0.2) is 0 Å². The third-order valence-corrected chi connectivity index (χ3v) is 3.66. The van der Waals surface area contributed by atoms with Crippen molar-refractivity contribution in [3.63, 3.8) is 0 Å². The average Bonchev–Trinajstić information content (AvgIpc) is 2.50. The fraction of sp³-hybridized carbons (Fsp3) is 0.706. The number of carbonyl (C=O) groups excluding carboxylic acids is 1. The molecule has 0 aliphatic carbocycles. The van der Waals surface area contributed by atoms with Crippen molar-refractivity contribution in [2.75, 3.05) is 0 Å². The van der Waals surface area contributed by atoms with Crippen LogP contribution >= 0.6 is 0 Å². The summed E-state index contributed by atoms with van der Waals surface area (Å²) in [6, 6.07) is 1.74. The largest absolute Gasteiger partial charge is 0.294 e. The molecule has 1 heterocycles. The molecule has 1 aromatic rings. The quantitative estimate of drug-likeness (QED) is 0.400. The van der Waals surface area contributed by atoms with Crippen LogP contribution in [0.1, 0.15) is 87.9 Å². The second-order valence-corrected chi connectivity index (χ2v) is 5.49. The molecule has 0 aliphatic rings. The number of nitrogens with zero attached hydrogens (tertiary/aromatic N) is 2. The molecule has 1 aromatic heterocycles. The van der Waals surface area contributed by atoms with Crippen LogP contribution in [-0.2, 0) is 0 Å². The average molecular weight is 276 g/mol. The number of aromatic nitrogens is 2. The Morgan fingerprint density at radius 1 is 0.900 bits per heavy atom. The lowest BCUT2D eigenvalue weighted by Gasteiger charge is -2.02. The predicted octanol–water partition coefficient (Wildman–Crippen LogP) is 4.97. The minimum atomic E-state index is 0.194. The van der Waals surface area contributed by atoms with Gasteiger partial charge in [0, 0.05) is 12.0 Å². The lowest BCUT2D eigenvalue weighted by atomic mass is 10.0. The Morgan fingerprint density at radius 2 is 1.50 bits per heavy atom. The number of hydrogen-bond acceptors (Lipinski definition) is 3. The van der Waals surface area contributed by atoms with Crippen molar-refractivity contribution in [1.29, 1.82) is 0 Å². The zero-order chi connectivity index (χ0) is 14.5. The molecule has 1 rings (SSSR count). The first kappa shape index (κ1) is 16.8. The molecule has 0 atom stereocenters. The van der Waals surface area contributed by atoms with Crippen LogP contribution < -0.4 is 0 Å². The third kappa shape index (κ3) is 8.03. The number of ketones is 1. The fourth-order valence-corrected chi connectivity index (χ4v) is 2.37. The number of hydrogen-bond donors (Lipinski definition) is 0. The number of Topliss-reactive ketones (excluding diaryl/α,β-unsaturated/α-hetero) is 1. The normalized spacial score (nSPS) is 10.7. The van der Waals surface area contributed by atoms with Crippen LogP contribution in [0.2, 0.25) is 0 Å². The van der Waals surface area contributed by atoms with Gasteiger partial charge < -0.3 is 0 Å². The van der Waals surface area contributed by atoms with Crippen LogP contribution in [0.4, 0.5) is 0 Å². The molecule has 0 amide bonds. The van der Waals surface area contributed by atoms with Gasteiger partial charge in [0.2, 0.25) is 0 Å². The summed E-state index contributed by atoms with van der Waals surface area (Å²) in [7, 11) is 0. The molecule has 3 nitrogen and oxygen atoms in total. The van der Waals surface area contributed by atoms with E-state index in [1.54, 1.807) is 18.5 Å². The monoisotopic (exact) mass is 276 g/mol. The minimum absolute atomic E-state index is 0.194. The zero-order valence-electron chi connectivity index (χ0n) is 12.8. The molecule has 20 heavy (non-hydrogen) atoms. The second-order valence-electron chi connectivity index (χ2n) is 5.49. The van der Waals surface area contributed by atoms with E-state index in [1.165, 1.54) is 57.8 Å². The van der Waals surface area contributed by atoms with Gasteiger partial charge in [-0.05, 0) is 12.5 Å². The van der Waals surface area contributed by atoms with E-state index in [-0.39, 0.29) is 5.78 Å². The summed E-state index contributed by atoms with van der Waals surface area (Å²) >= 11 is 0. The molecule has 0 aliphatic heterocycles. The van der Waals surface area contributed by atoms with Crippen molar-refractivity contribution in [1.82, 2.24) is 10.2 Å². The molecule has 0 saturated carbocycles. The first-order valence-electron chi connectivity index (χ1n) is 8.14. The van der Waals surface area contributed by atoms with Crippen LogP contribution in [0.5, 0.6) is 0 Å². The van der Waals surface area contributed by atoms with Gasteiger partial charge in [0.15, 0.2) is 5.78 Å². The Balaban J connectivity index is 1.91. The van der Waals surface area contributed by atoms with Gasteiger partial charge in [-0.2, -0.15) is 10.2 Å². The smallest absolute Gasteiger partial charge is 0.164 e. The van der Waals surface area contributed by atoms with Crippen molar-refractivity contribution < 1.29 is 4.79 Å². The number of rotatable bonds is 12. The first-order chi connectivity index (χ1) is 9.84. The summed E-state index contributed by atoms with van der Waals surface area (Å²) in [6.45, 7) is 2.25. The Kier molecular flexibility index (Phi) is 9.72. The molecule has 112 valence electrons. The van der Waals surface area contributed by atoms with Gasteiger partial charge in [-0.15, -0.1) is 0 Å². The molecular weight excluding hydrogens is 248 g/mol. The Hall–Kier alpha value is -1.25. The van der Waals surface area contributed by atoms with Gasteiger partial charge >= 0.3 is 0 Å². The van der Waals surface area contributed by atoms with E-state index in [4.69, 9.17) is 0 Å². The van der Waals surface area contributed by atoms with Gasteiger partial charge in [0.25, 0.3) is 0 Å². The van der Waals surface area contributed by atoms with Crippen molar-refractivity contribution in [2.24, 2.45) is 0 Å². The summed E-state index contributed by atoms with van der Waals surface area (Å²) < 4.78 is 0. The highest BCUT2D eigenvalue weighted by molar-refractivity contribution is 5.95. The molecule has 0 bridgehead atoms. The van der Waals surface area contributed by atoms with Gasteiger partial charge in [0.1, 0.15) is 0 Å². The van der Waals surface area contributed by atoms with Gasteiger partial charge in [-0.3, -0.25) is 4.79 Å². The van der Waals surface area contributed by atoms with Gasteiger partial charge in [0.05, 0.1) is 12.4 Å². The van der Waals surface area contributed by atoms with Crippen molar-refractivity contribution in [3.8, 4) is 0 Å². The SMILES string of the molecule is CCCCCCCCCCCCC(=O)c1ccnnc1. The zero-order valence-corrected chi connectivity index (χ0v) is 12.8. The minimum Gasteiger partial charge on any atom is -0.294 e. The standard InChI is InChI=1S/C17H28N2O/c1-2-3-4-5-6-7-8-9-10-11-12-17(20)16-13-14-18-19-15-16/h13-15H,2-12H2,1H3. The molecule has 0 radical (unpaired) electrons. The van der Waals surface area contributed by atoms with Crippen LogP contribution in [0, 0.1) is 0 Å². The van der Waals surface area contributed by atoms with E-state index >= 15 is 0 Å². The number of carbonyl (C=O) groups is 1. The molecule has 0 saturated heterocycles. The highest BCUT2D eigenvalue weighted by Crippen LogP contribution is 2.12. The summed E-state index contributed by atoms with van der Waals surface area (Å²) in [5.41, 5.74) is 0.691. The van der Waals surface area contributed by atoms with Crippen LogP contribution in [0.25, 0.3) is 0 Å². The molecule has 0 fully saturated rings. The Morgan fingerprint density at radius 3 is 2.05 bits per heavy atom. The first-order valence-corrected chi connectivity index (χ1v) is 8.14. The summed E-state index contributed by atoms with van der Waals surface area (Å²) in [5.74, 6) is 0.194. The summed E-state index contributed by atoms with van der Waals surface area (Å²) in [6.07, 6.45) is 16.7. The highest BCUT2D eigenvalue weighted by atomic mass is 16.1. The van der Waals surface area contributed by atoms with Crippen LogP contribution in [-0.4, -0.2) is 16.0 Å².